The monoisotopic (exact) mass is 265 g/mol. The molecule has 4 N–H and O–H groups in total. The van der Waals surface area contributed by atoms with Gasteiger partial charge in [0.2, 0.25) is 5.91 Å². The molecule has 0 aromatic carbocycles. The number of carbonyl (C=O) groups is 1. The van der Waals surface area contributed by atoms with Gasteiger partial charge in [-0.15, -0.1) is 0 Å². The van der Waals surface area contributed by atoms with Gasteiger partial charge in [0.05, 0.1) is 5.41 Å². The second-order valence-corrected chi connectivity index (χ2v) is 5.51. The van der Waals surface area contributed by atoms with Gasteiger partial charge in [-0.1, -0.05) is 13.8 Å². The van der Waals surface area contributed by atoms with E-state index in [9.17, 15) is 4.79 Å². The number of hydrogen-bond donors (Lipinski definition) is 3. The minimum Gasteiger partial charge on any atom is -0.384 e. The van der Waals surface area contributed by atoms with Crippen molar-refractivity contribution in [2.24, 2.45) is 5.41 Å². The van der Waals surface area contributed by atoms with Crippen LogP contribution in [-0.4, -0.2) is 29.5 Å². The Morgan fingerprint density at radius 2 is 2.05 bits per heavy atom. The zero-order valence-corrected chi connectivity index (χ0v) is 12.2. The van der Waals surface area contributed by atoms with Crippen LogP contribution in [0, 0.1) is 5.41 Å². The van der Waals surface area contributed by atoms with E-state index in [0.717, 1.165) is 0 Å². The van der Waals surface area contributed by atoms with Gasteiger partial charge in [-0.25, -0.2) is 9.97 Å². The average Bonchev–Trinajstić information content (AvgIpc) is 2.34. The first-order valence-electron chi connectivity index (χ1n) is 6.37. The number of anilines is 2. The Morgan fingerprint density at radius 1 is 1.42 bits per heavy atom. The number of nitrogens with zero attached hydrogens (tertiary/aromatic N) is 2. The fraction of sp³-hybridized carbons (Fsp3) is 0.615. The Hall–Kier alpha value is -1.85. The molecule has 1 rings (SSSR count). The minimum absolute atomic E-state index is 0.0221. The predicted octanol–water partition coefficient (Wildman–Crippen LogP) is 1.37. The maximum Gasteiger partial charge on any atom is 0.227 e. The molecule has 106 valence electrons. The van der Waals surface area contributed by atoms with E-state index in [-0.39, 0.29) is 11.8 Å². The molecule has 1 aromatic heterocycles. The Morgan fingerprint density at radius 3 is 2.58 bits per heavy atom. The van der Waals surface area contributed by atoms with Gasteiger partial charge in [0.1, 0.15) is 17.5 Å². The van der Waals surface area contributed by atoms with Gasteiger partial charge in [0.25, 0.3) is 0 Å². The molecule has 0 radical (unpaired) electrons. The number of amides is 1. The summed E-state index contributed by atoms with van der Waals surface area (Å²) in [5.74, 6) is 1.95. The standard InChI is InChI=1S/C13H23N5O/c1-8(2)11-17-9(14)6-10(18-11)16-7-13(3,4)12(19)15-5/h6,8H,7H2,1-5H3,(H,15,19)(H3,14,16,17,18). The Balaban J connectivity index is 2.81. The zero-order chi connectivity index (χ0) is 14.6. The molecule has 1 heterocycles. The summed E-state index contributed by atoms with van der Waals surface area (Å²) in [4.78, 5) is 20.3. The molecular weight excluding hydrogens is 242 g/mol. The lowest BCUT2D eigenvalue weighted by Gasteiger charge is -2.23. The van der Waals surface area contributed by atoms with Crippen LogP contribution >= 0.6 is 0 Å². The second-order valence-electron chi connectivity index (χ2n) is 5.51. The van der Waals surface area contributed by atoms with Crippen LogP contribution in [0.2, 0.25) is 0 Å². The van der Waals surface area contributed by atoms with E-state index in [0.29, 0.717) is 24.0 Å². The summed E-state index contributed by atoms with van der Waals surface area (Å²) < 4.78 is 0. The molecule has 6 heteroatoms. The lowest BCUT2D eigenvalue weighted by Crippen LogP contribution is -2.39. The summed E-state index contributed by atoms with van der Waals surface area (Å²) in [7, 11) is 1.63. The summed E-state index contributed by atoms with van der Waals surface area (Å²) in [6.07, 6.45) is 0. The first kappa shape index (κ1) is 15.2. The van der Waals surface area contributed by atoms with Crippen molar-refractivity contribution in [1.29, 1.82) is 0 Å². The third kappa shape index (κ3) is 4.08. The highest BCUT2D eigenvalue weighted by molar-refractivity contribution is 5.82. The van der Waals surface area contributed by atoms with E-state index >= 15 is 0 Å². The van der Waals surface area contributed by atoms with Crippen molar-refractivity contribution in [3.63, 3.8) is 0 Å². The Kier molecular flexibility index (Phi) is 4.69. The van der Waals surface area contributed by atoms with Crippen LogP contribution in [0.15, 0.2) is 6.07 Å². The Labute approximate surface area is 114 Å². The van der Waals surface area contributed by atoms with Gasteiger partial charge in [-0.3, -0.25) is 4.79 Å². The van der Waals surface area contributed by atoms with Crippen molar-refractivity contribution in [3.8, 4) is 0 Å². The lowest BCUT2D eigenvalue weighted by atomic mass is 9.92. The van der Waals surface area contributed by atoms with Crippen molar-refractivity contribution < 1.29 is 4.79 Å². The average molecular weight is 265 g/mol. The van der Waals surface area contributed by atoms with E-state index in [4.69, 9.17) is 5.73 Å². The summed E-state index contributed by atoms with van der Waals surface area (Å²) in [6.45, 7) is 8.22. The van der Waals surface area contributed by atoms with Crippen molar-refractivity contribution in [1.82, 2.24) is 15.3 Å². The van der Waals surface area contributed by atoms with E-state index in [1.807, 2.05) is 27.7 Å². The lowest BCUT2D eigenvalue weighted by molar-refractivity contribution is -0.128. The number of hydrogen-bond acceptors (Lipinski definition) is 5. The van der Waals surface area contributed by atoms with Crippen LogP contribution < -0.4 is 16.4 Å². The molecule has 0 aliphatic heterocycles. The van der Waals surface area contributed by atoms with Crippen LogP contribution in [0.5, 0.6) is 0 Å². The fourth-order valence-electron chi connectivity index (χ4n) is 1.56. The normalized spacial score (nSPS) is 11.5. The van der Waals surface area contributed by atoms with Crippen LogP contribution in [0.1, 0.15) is 39.4 Å². The first-order chi connectivity index (χ1) is 8.76. The molecule has 0 aliphatic rings. The van der Waals surface area contributed by atoms with E-state index in [2.05, 4.69) is 20.6 Å². The number of nitrogens with one attached hydrogen (secondary N) is 2. The van der Waals surface area contributed by atoms with Crippen LogP contribution in [0.3, 0.4) is 0 Å². The SMILES string of the molecule is CNC(=O)C(C)(C)CNc1cc(N)nc(C(C)C)n1. The number of rotatable bonds is 5. The van der Waals surface area contributed by atoms with Crippen molar-refractivity contribution in [2.75, 3.05) is 24.6 Å². The summed E-state index contributed by atoms with van der Waals surface area (Å²) >= 11 is 0. The zero-order valence-electron chi connectivity index (χ0n) is 12.2. The molecule has 0 bridgehead atoms. The van der Waals surface area contributed by atoms with Gasteiger partial charge in [0, 0.05) is 25.6 Å². The molecule has 0 fully saturated rings. The summed E-state index contributed by atoms with van der Waals surface area (Å²) in [5, 5.41) is 5.79. The van der Waals surface area contributed by atoms with Crippen molar-refractivity contribution >= 4 is 17.5 Å². The molecule has 19 heavy (non-hydrogen) atoms. The van der Waals surface area contributed by atoms with Gasteiger partial charge in [0.15, 0.2) is 0 Å². The van der Waals surface area contributed by atoms with Gasteiger partial charge in [-0.05, 0) is 13.8 Å². The molecule has 0 saturated heterocycles. The van der Waals surface area contributed by atoms with Crippen molar-refractivity contribution in [2.45, 2.75) is 33.6 Å². The van der Waals surface area contributed by atoms with Gasteiger partial charge < -0.3 is 16.4 Å². The Bertz CT molecular complexity index is 456. The third-order valence-electron chi connectivity index (χ3n) is 2.83. The number of aromatic nitrogens is 2. The van der Waals surface area contributed by atoms with Crippen molar-refractivity contribution in [3.05, 3.63) is 11.9 Å². The van der Waals surface area contributed by atoms with E-state index in [1.165, 1.54) is 0 Å². The van der Waals surface area contributed by atoms with Gasteiger partial charge >= 0.3 is 0 Å². The molecule has 0 saturated carbocycles. The second kappa shape index (κ2) is 5.86. The molecule has 0 aliphatic carbocycles. The highest BCUT2D eigenvalue weighted by atomic mass is 16.2. The summed E-state index contributed by atoms with van der Waals surface area (Å²) in [5.41, 5.74) is 5.23. The maximum absolute atomic E-state index is 11.7. The molecule has 6 nitrogen and oxygen atoms in total. The topological polar surface area (TPSA) is 92.9 Å². The van der Waals surface area contributed by atoms with Crippen LogP contribution in [-0.2, 0) is 4.79 Å². The molecule has 0 spiro atoms. The third-order valence-corrected chi connectivity index (χ3v) is 2.83. The highest BCUT2D eigenvalue weighted by Crippen LogP contribution is 2.19. The molecule has 1 amide bonds. The van der Waals surface area contributed by atoms with Crippen LogP contribution in [0.25, 0.3) is 0 Å². The van der Waals surface area contributed by atoms with E-state index < -0.39 is 5.41 Å². The highest BCUT2D eigenvalue weighted by Gasteiger charge is 2.26. The molecular formula is C13H23N5O. The van der Waals surface area contributed by atoms with E-state index in [1.54, 1.807) is 13.1 Å². The number of nitrogens with two attached hydrogens (primary N) is 1. The largest absolute Gasteiger partial charge is 0.384 e. The predicted molar refractivity (Wildman–Crippen MR) is 76.9 cm³/mol. The smallest absolute Gasteiger partial charge is 0.227 e. The molecule has 0 atom stereocenters. The maximum atomic E-state index is 11.7. The minimum atomic E-state index is -0.521. The molecule has 1 aromatic rings. The quantitative estimate of drug-likeness (QED) is 0.747. The summed E-state index contributed by atoms with van der Waals surface area (Å²) in [6, 6.07) is 1.67. The number of carbonyl (C=O) groups excluding carboxylic acids is 1. The number of nitrogen functional groups attached to an aromatic ring is 1. The first-order valence-corrected chi connectivity index (χ1v) is 6.37. The van der Waals surface area contributed by atoms with Gasteiger partial charge in [-0.2, -0.15) is 0 Å². The fourth-order valence-corrected chi connectivity index (χ4v) is 1.56. The van der Waals surface area contributed by atoms with Crippen LogP contribution in [0.4, 0.5) is 11.6 Å². The molecule has 0 unspecified atom stereocenters.